The van der Waals surface area contributed by atoms with Crippen LogP contribution in [0.4, 0.5) is 8.78 Å². The maximum atomic E-state index is 12.6. The lowest BCUT2D eigenvalue weighted by Crippen LogP contribution is -1.98. The molecule has 0 heterocycles. The van der Waals surface area contributed by atoms with Crippen molar-refractivity contribution in [2.24, 2.45) is 0 Å². The third kappa shape index (κ3) is 3.19. The zero-order valence-electron chi connectivity index (χ0n) is 6.90. The predicted molar refractivity (Wildman–Crippen MR) is 47.2 cm³/mol. The lowest BCUT2D eigenvalue weighted by Gasteiger charge is -2.04. The maximum absolute atomic E-state index is 12.6. The monoisotopic (exact) mass is 206 g/mol. The minimum absolute atomic E-state index is 0.323. The second kappa shape index (κ2) is 5.02. The molecule has 0 bridgehead atoms. The molecule has 0 atom stereocenters. The van der Waals surface area contributed by atoms with Gasteiger partial charge in [-0.25, -0.2) is 8.78 Å². The van der Waals surface area contributed by atoms with E-state index < -0.39 is 11.6 Å². The van der Waals surface area contributed by atoms with Gasteiger partial charge in [-0.2, -0.15) is 0 Å². The molecule has 0 saturated heterocycles. The first kappa shape index (κ1) is 10.3. The van der Waals surface area contributed by atoms with E-state index in [2.05, 4.69) is 0 Å². The highest BCUT2D eigenvalue weighted by atomic mass is 35.5. The molecule has 0 radical (unpaired) electrons. The molecule has 0 aliphatic carbocycles. The highest BCUT2D eigenvalue weighted by molar-refractivity contribution is 6.17. The van der Waals surface area contributed by atoms with Gasteiger partial charge in [0.05, 0.1) is 6.61 Å². The molecule has 0 aliphatic rings. The van der Waals surface area contributed by atoms with Gasteiger partial charge >= 0.3 is 0 Å². The summed E-state index contributed by atoms with van der Waals surface area (Å²) in [5.74, 6) is -0.957. The van der Waals surface area contributed by atoms with Gasteiger partial charge in [-0.3, -0.25) is 0 Å². The molecule has 0 amide bonds. The zero-order chi connectivity index (χ0) is 9.68. The van der Waals surface area contributed by atoms with Crippen molar-refractivity contribution in [1.82, 2.24) is 0 Å². The molecule has 1 nitrogen and oxygen atoms in total. The minimum atomic E-state index is -0.900. The molecule has 0 saturated carbocycles. The molecule has 0 aliphatic heterocycles. The first-order valence-electron chi connectivity index (χ1n) is 3.88. The molecule has 4 heteroatoms. The Balaban J connectivity index is 2.53. The largest absolute Gasteiger partial charge is 0.493 e. The molecule has 0 fully saturated rings. The Morgan fingerprint density at radius 3 is 2.62 bits per heavy atom. The van der Waals surface area contributed by atoms with Crippen LogP contribution in [-0.2, 0) is 0 Å². The molecular formula is C9H9ClF2O. The molecular weight excluding hydrogens is 198 g/mol. The third-order valence-electron chi connectivity index (χ3n) is 1.44. The minimum Gasteiger partial charge on any atom is -0.493 e. The standard InChI is InChI=1S/C9H9ClF2O/c10-4-1-5-13-7-2-3-8(11)9(12)6-7/h2-3,6H,1,4-5H2. The lowest BCUT2D eigenvalue weighted by atomic mass is 10.3. The van der Waals surface area contributed by atoms with Crippen LogP contribution in [0.2, 0.25) is 0 Å². The van der Waals surface area contributed by atoms with Crippen molar-refractivity contribution < 1.29 is 13.5 Å². The van der Waals surface area contributed by atoms with Gasteiger partial charge in [-0.15, -0.1) is 11.6 Å². The maximum Gasteiger partial charge on any atom is 0.162 e. The summed E-state index contributed by atoms with van der Waals surface area (Å²) in [5, 5.41) is 0. The number of hydrogen-bond acceptors (Lipinski definition) is 1. The van der Waals surface area contributed by atoms with E-state index in [1.54, 1.807) is 0 Å². The molecule has 1 aromatic carbocycles. The summed E-state index contributed by atoms with van der Waals surface area (Å²) < 4.78 is 30.1. The number of hydrogen-bond donors (Lipinski definition) is 0. The zero-order valence-corrected chi connectivity index (χ0v) is 7.65. The van der Waals surface area contributed by atoms with Gasteiger partial charge in [0, 0.05) is 11.9 Å². The summed E-state index contributed by atoms with van der Waals surface area (Å²) in [4.78, 5) is 0. The van der Waals surface area contributed by atoms with Crippen molar-refractivity contribution in [1.29, 1.82) is 0 Å². The van der Waals surface area contributed by atoms with E-state index in [-0.39, 0.29) is 0 Å². The van der Waals surface area contributed by atoms with Gasteiger partial charge in [0.2, 0.25) is 0 Å². The molecule has 0 unspecified atom stereocenters. The fourth-order valence-corrected chi connectivity index (χ4v) is 0.920. The van der Waals surface area contributed by atoms with Gasteiger partial charge in [0.1, 0.15) is 5.75 Å². The Labute approximate surface area is 80.3 Å². The summed E-state index contributed by atoms with van der Waals surface area (Å²) in [6, 6.07) is 3.43. The fourth-order valence-electron chi connectivity index (χ4n) is 0.811. The highest BCUT2D eigenvalue weighted by Gasteiger charge is 2.02. The second-order valence-corrected chi connectivity index (χ2v) is 2.84. The van der Waals surface area contributed by atoms with Gasteiger partial charge in [-0.05, 0) is 18.6 Å². The summed E-state index contributed by atoms with van der Waals surface area (Å²) in [5.41, 5.74) is 0. The molecule has 1 rings (SSSR count). The Morgan fingerprint density at radius 1 is 1.23 bits per heavy atom. The van der Waals surface area contributed by atoms with Crippen molar-refractivity contribution in [3.8, 4) is 5.75 Å². The van der Waals surface area contributed by atoms with Gasteiger partial charge in [-0.1, -0.05) is 0 Å². The van der Waals surface area contributed by atoms with Crippen LogP contribution in [0.5, 0.6) is 5.75 Å². The summed E-state index contributed by atoms with van der Waals surface area (Å²) in [7, 11) is 0. The van der Waals surface area contributed by atoms with E-state index in [0.29, 0.717) is 24.7 Å². The van der Waals surface area contributed by atoms with E-state index in [1.165, 1.54) is 6.07 Å². The van der Waals surface area contributed by atoms with E-state index in [1.807, 2.05) is 0 Å². The van der Waals surface area contributed by atoms with Crippen molar-refractivity contribution in [2.45, 2.75) is 6.42 Å². The normalized spacial score (nSPS) is 10.1. The summed E-state index contributed by atoms with van der Waals surface area (Å²) >= 11 is 5.41. The molecule has 13 heavy (non-hydrogen) atoms. The predicted octanol–water partition coefficient (Wildman–Crippen LogP) is 2.97. The van der Waals surface area contributed by atoms with Crippen LogP contribution < -0.4 is 4.74 Å². The van der Waals surface area contributed by atoms with E-state index in [4.69, 9.17) is 16.3 Å². The quantitative estimate of drug-likeness (QED) is 0.544. The van der Waals surface area contributed by atoms with Gasteiger partial charge in [0.15, 0.2) is 11.6 Å². The molecule has 0 aromatic heterocycles. The molecule has 0 N–H and O–H groups in total. The Morgan fingerprint density at radius 2 is 2.00 bits per heavy atom. The first-order chi connectivity index (χ1) is 6.24. The SMILES string of the molecule is Fc1ccc(OCCCCl)cc1F. The van der Waals surface area contributed by atoms with Crippen LogP contribution in [0, 0.1) is 11.6 Å². The summed E-state index contributed by atoms with van der Waals surface area (Å²) in [6.07, 6.45) is 0.681. The van der Waals surface area contributed by atoms with Gasteiger partial charge < -0.3 is 4.74 Å². The van der Waals surface area contributed by atoms with Crippen molar-refractivity contribution in [3.63, 3.8) is 0 Å². The average molecular weight is 207 g/mol. The van der Waals surface area contributed by atoms with Crippen LogP contribution in [0.3, 0.4) is 0 Å². The third-order valence-corrected chi connectivity index (χ3v) is 1.71. The van der Waals surface area contributed by atoms with Crippen LogP contribution in [-0.4, -0.2) is 12.5 Å². The van der Waals surface area contributed by atoms with Crippen LogP contribution in [0.25, 0.3) is 0 Å². The van der Waals surface area contributed by atoms with Gasteiger partial charge in [0.25, 0.3) is 0 Å². The first-order valence-corrected chi connectivity index (χ1v) is 4.41. The van der Waals surface area contributed by atoms with E-state index in [9.17, 15) is 8.78 Å². The smallest absolute Gasteiger partial charge is 0.162 e. The Hall–Kier alpha value is -0.830. The number of alkyl halides is 1. The van der Waals surface area contributed by atoms with Crippen LogP contribution in [0.15, 0.2) is 18.2 Å². The molecule has 0 spiro atoms. The number of ether oxygens (including phenoxy) is 1. The van der Waals surface area contributed by atoms with E-state index >= 15 is 0 Å². The van der Waals surface area contributed by atoms with Crippen molar-refractivity contribution in [3.05, 3.63) is 29.8 Å². The Bertz CT molecular complexity index is 278. The summed E-state index contributed by atoms with van der Waals surface area (Å²) in [6.45, 7) is 0.411. The van der Waals surface area contributed by atoms with Crippen molar-refractivity contribution in [2.75, 3.05) is 12.5 Å². The number of halogens is 3. The number of benzene rings is 1. The topological polar surface area (TPSA) is 9.23 Å². The lowest BCUT2D eigenvalue weighted by molar-refractivity contribution is 0.315. The van der Waals surface area contributed by atoms with Crippen LogP contribution in [0.1, 0.15) is 6.42 Å². The van der Waals surface area contributed by atoms with Crippen molar-refractivity contribution >= 4 is 11.6 Å². The highest BCUT2D eigenvalue weighted by Crippen LogP contribution is 2.15. The number of rotatable bonds is 4. The fraction of sp³-hybridized carbons (Fsp3) is 0.333. The Kier molecular flexibility index (Phi) is 3.96. The molecule has 1 aromatic rings. The average Bonchev–Trinajstić information content (AvgIpc) is 2.12. The molecule has 72 valence electrons. The van der Waals surface area contributed by atoms with Crippen LogP contribution >= 0.6 is 11.6 Å². The van der Waals surface area contributed by atoms with E-state index in [0.717, 1.165) is 12.1 Å². The second-order valence-electron chi connectivity index (χ2n) is 2.47.